The molecule has 6 nitrogen and oxygen atoms in total. The Kier molecular flexibility index (Phi) is 6.66. The quantitative estimate of drug-likeness (QED) is 0.637. The van der Waals surface area contributed by atoms with Gasteiger partial charge in [0, 0.05) is 45.5 Å². The molecule has 3 rings (SSSR count). The van der Waals surface area contributed by atoms with Crippen LogP contribution in [0.1, 0.15) is 18.1 Å². The minimum absolute atomic E-state index is 0.744. The summed E-state index contributed by atoms with van der Waals surface area (Å²) in [6.45, 7) is 11.8. The van der Waals surface area contributed by atoms with Crippen LogP contribution in [0, 0.1) is 6.92 Å². The molecular weight excluding hydrogens is 324 g/mol. The maximum absolute atomic E-state index is 4.80. The van der Waals surface area contributed by atoms with Crippen molar-refractivity contribution in [1.29, 1.82) is 0 Å². The van der Waals surface area contributed by atoms with E-state index in [0.29, 0.717) is 0 Å². The van der Waals surface area contributed by atoms with Crippen molar-refractivity contribution in [3.05, 3.63) is 53.9 Å². The molecule has 0 saturated carbocycles. The van der Waals surface area contributed by atoms with Gasteiger partial charge in [-0.2, -0.15) is 5.10 Å². The van der Waals surface area contributed by atoms with Crippen molar-refractivity contribution >= 4 is 5.96 Å². The van der Waals surface area contributed by atoms with Gasteiger partial charge in [-0.25, -0.2) is 0 Å². The van der Waals surface area contributed by atoms with Crippen LogP contribution in [0.5, 0.6) is 0 Å². The third-order valence-electron chi connectivity index (χ3n) is 4.61. The Morgan fingerprint density at radius 1 is 1.15 bits per heavy atom. The fourth-order valence-corrected chi connectivity index (χ4v) is 3.23. The zero-order valence-electron chi connectivity index (χ0n) is 15.9. The standard InChI is InChI=1S/C20H30N6/c1-3-21-20(22-9-10-26-16-18(2)15-23-26)25-13-11-24(12-14-25)17-19-7-5-4-6-8-19/h4-8,15-16H,3,9-14,17H2,1-2H3,(H,21,22). The molecule has 2 aromatic rings. The molecule has 0 atom stereocenters. The fourth-order valence-electron chi connectivity index (χ4n) is 3.23. The van der Waals surface area contributed by atoms with Crippen LogP contribution in [0.3, 0.4) is 0 Å². The van der Waals surface area contributed by atoms with Crippen LogP contribution in [0.2, 0.25) is 0 Å². The van der Waals surface area contributed by atoms with E-state index >= 15 is 0 Å². The molecule has 0 aliphatic carbocycles. The molecule has 1 aliphatic rings. The van der Waals surface area contributed by atoms with Crippen LogP contribution in [-0.4, -0.2) is 64.8 Å². The Morgan fingerprint density at radius 3 is 2.58 bits per heavy atom. The molecule has 1 aliphatic heterocycles. The normalized spacial score (nSPS) is 16.1. The van der Waals surface area contributed by atoms with Crippen LogP contribution < -0.4 is 5.32 Å². The van der Waals surface area contributed by atoms with E-state index < -0.39 is 0 Å². The van der Waals surface area contributed by atoms with E-state index in [2.05, 4.69) is 70.6 Å². The van der Waals surface area contributed by atoms with Gasteiger partial charge in [-0.05, 0) is 25.0 Å². The molecule has 1 saturated heterocycles. The van der Waals surface area contributed by atoms with E-state index in [1.807, 2.05) is 10.9 Å². The smallest absolute Gasteiger partial charge is 0.194 e. The maximum Gasteiger partial charge on any atom is 0.194 e. The number of aliphatic imine (C=N–C) groups is 1. The molecule has 0 amide bonds. The summed E-state index contributed by atoms with van der Waals surface area (Å²) in [4.78, 5) is 9.69. The number of guanidine groups is 1. The summed E-state index contributed by atoms with van der Waals surface area (Å²) in [5, 5.41) is 7.76. The number of piperazine rings is 1. The van der Waals surface area contributed by atoms with Crippen molar-refractivity contribution in [1.82, 2.24) is 24.9 Å². The second-order valence-electron chi connectivity index (χ2n) is 6.77. The molecule has 26 heavy (non-hydrogen) atoms. The Bertz CT molecular complexity index is 685. The molecule has 1 fully saturated rings. The summed E-state index contributed by atoms with van der Waals surface area (Å²) in [6.07, 6.45) is 3.95. The molecule has 0 radical (unpaired) electrons. The second kappa shape index (κ2) is 9.38. The van der Waals surface area contributed by atoms with Crippen LogP contribution in [0.4, 0.5) is 0 Å². The number of nitrogens with zero attached hydrogens (tertiary/aromatic N) is 5. The Morgan fingerprint density at radius 2 is 1.92 bits per heavy atom. The van der Waals surface area contributed by atoms with Crippen LogP contribution in [0.25, 0.3) is 0 Å². The summed E-state index contributed by atoms with van der Waals surface area (Å²) in [5.41, 5.74) is 2.58. The maximum atomic E-state index is 4.80. The average molecular weight is 355 g/mol. The van der Waals surface area contributed by atoms with E-state index in [9.17, 15) is 0 Å². The van der Waals surface area contributed by atoms with Gasteiger partial charge in [-0.3, -0.25) is 14.6 Å². The molecule has 1 N–H and O–H groups in total. The Balaban J connectivity index is 1.50. The number of nitrogens with one attached hydrogen (secondary N) is 1. The largest absolute Gasteiger partial charge is 0.357 e. The molecule has 2 heterocycles. The monoisotopic (exact) mass is 354 g/mol. The van der Waals surface area contributed by atoms with Gasteiger partial charge in [0.15, 0.2) is 5.96 Å². The molecule has 1 aromatic carbocycles. The first kappa shape index (κ1) is 18.5. The first-order valence-electron chi connectivity index (χ1n) is 9.53. The summed E-state index contributed by atoms with van der Waals surface area (Å²) < 4.78 is 1.96. The highest BCUT2D eigenvalue weighted by Crippen LogP contribution is 2.08. The van der Waals surface area contributed by atoms with Crippen LogP contribution in [0.15, 0.2) is 47.7 Å². The van der Waals surface area contributed by atoms with Gasteiger partial charge in [0.2, 0.25) is 0 Å². The highest BCUT2D eigenvalue weighted by atomic mass is 15.3. The molecule has 6 heteroatoms. The van der Waals surface area contributed by atoms with Crippen molar-refractivity contribution in [2.75, 3.05) is 39.3 Å². The first-order chi connectivity index (χ1) is 12.7. The number of hydrogen-bond donors (Lipinski definition) is 1. The summed E-state index contributed by atoms with van der Waals surface area (Å²) in [5.74, 6) is 1.02. The van der Waals surface area contributed by atoms with E-state index in [-0.39, 0.29) is 0 Å². The van der Waals surface area contributed by atoms with Crippen molar-refractivity contribution in [3.63, 3.8) is 0 Å². The van der Waals surface area contributed by atoms with Gasteiger partial charge in [-0.15, -0.1) is 0 Å². The molecule has 0 spiro atoms. The fraction of sp³-hybridized carbons (Fsp3) is 0.500. The van der Waals surface area contributed by atoms with E-state index in [1.54, 1.807) is 0 Å². The summed E-state index contributed by atoms with van der Waals surface area (Å²) >= 11 is 0. The zero-order chi connectivity index (χ0) is 18.2. The lowest BCUT2D eigenvalue weighted by Gasteiger charge is -2.36. The van der Waals surface area contributed by atoms with Gasteiger partial charge in [0.05, 0.1) is 19.3 Å². The van der Waals surface area contributed by atoms with E-state index in [1.165, 1.54) is 11.1 Å². The zero-order valence-corrected chi connectivity index (χ0v) is 15.9. The number of aryl methyl sites for hydroxylation is 1. The van der Waals surface area contributed by atoms with Gasteiger partial charge < -0.3 is 10.2 Å². The van der Waals surface area contributed by atoms with Crippen LogP contribution >= 0.6 is 0 Å². The third-order valence-corrected chi connectivity index (χ3v) is 4.61. The first-order valence-corrected chi connectivity index (χ1v) is 9.53. The van der Waals surface area contributed by atoms with Crippen molar-refractivity contribution in [2.24, 2.45) is 4.99 Å². The lowest BCUT2D eigenvalue weighted by Crippen LogP contribution is -2.52. The predicted octanol–water partition coefficient (Wildman–Crippen LogP) is 1.97. The highest BCUT2D eigenvalue weighted by molar-refractivity contribution is 5.80. The van der Waals surface area contributed by atoms with Crippen molar-refractivity contribution in [2.45, 2.75) is 26.9 Å². The number of benzene rings is 1. The number of aromatic nitrogens is 2. The van der Waals surface area contributed by atoms with Gasteiger partial charge in [-0.1, -0.05) is 30.3 Å². The van der Waals surface area contributed by atoms with Crippen molar-refractivity contribution in [3.8, 4) is 0 Å². The topological polar surface area (TPSA) is 48.7 Å². The summed E-state index contributed by atoms with van der Waals surface area (Å²) in [7, 11) is 0. The van der Waals surface area contributed by atoms with E-state index in [0.717, 1.165) is 58.3 Å². The predicted molar refractivity (Wildman–Crippen MR) is 106 cm³/mol. The molecule has 1 aromatic heterocycles. The van der Waals surface area contributed by atoms with Crippen molar-refractivity contribution < 1.29 is 0 Å². The SMILES string of the molecule is CCNC(=NCCn1cc(C)cn1)N1CCN(Cc2ccccc2)CC1. The van der Waals surface area contributed by atoms with Gasteiger partial charge in [0.1, 0.15) is 0 Å². The lowest BCUT2D eigenvalue weighted by atomic mass is 10.2. The Labute approximate surface area is 156 Å². The van der Waals surface area contributed by atoms with Gasteiger partial charge >= 0.3 is 0 Å². The molecular formula is C20H30N6. The van der Waals surface area contributed by atoms with Crippen LogP contribution in [-0.2, 0) is 13.1 Å². The molecule has 0 unspecified atom stereocenters. The lowest BCUT2D eigenvalue weighted by molar-refractivity contribution is 0.172. The minimum atomic E-state index is 0.744. The second-order valence-corrected chi connectivity index (χ2v) is 6.77. The summed E-state index contributed by atoms with van der Waals surface area (Å²) in [6, 6.07) is 10.7. The Hall–Kier alpha value is -2.34. The highest BCUT2D eigenvalue weighted by Gasteiger charge is 2.19. The number of rotatable bonds is 6. The molecule has 140 valence electrons. The third kappa shape index (κ3) is 5.33. The molecule has 0 bridgehead atoms. The van der Waals surface area contributed by atoms with E-state index in [4.69, 9.17) is 4.99 Å². The average Bonchev–Trinajstić information content (AvgIpc) is 3.08. The minimum Gasteiger partial charge on any atom is -0.357 e. The number of hydrogen-bond acceptors (Lipinski definition) is 3. The van der Waals surface area contributed by atoms with Gasteiger partial charge in [0.25, 0.3) is 0 Å².